The quantitative estimate of drug-likeness (QED) is 0.795. The molecule has 0 bridgehead atoms. The molecule has 0 spiro atoms. The lowest BCUT2D eigenvalue weighted by molar-refractivity contribution is -0.0872. The number of nitrogens with zero attached hydrogens (tertiary/aromatic N) is 2. The number of hydrogen-bond acceptors (Lipinski definition) is 6. The number of sulfonamides is 1. The monoisotopic (exact) mass is 330 g/mol. The third kappa shape index (κ3) is 3.07. The Bertz CT molecular complexity index is 566. The van der Waals surface area contributed by atoms with E-state index in [-0.39, 0.29) is 11.0 Å². The second kappa shape index (κ2) is 6.67. The molecular weight excluding hydrogens is 308 g/mol. The predicted octanol–water partition coefficient (Wildman–Crippen LogP) is 0.390. The fraction of sp³-hybridized carbons (Fsp3) is 0.714. The van der Waals surface area contributed by atoms with E-state index in [4.69, 9.17) is 13.9 Å². The molecule has 2 saturated heterocycles. The highest BCUT2D eigenvalue weighted by Crippen LogP contribution is 2.22. The number of hydrogen-bond donors (Lipinski definition) is 0. The van der Waals surface area contributed by atoms with Crippen molar-refractivity contribution in [1.82, 2.24) is 9.21 Å². The van der Waals surface area contributed by atoms with Crippen molar-refractivity contribution >= 4 is 10.0 Å². The van der Waals surface area contributed by atoms with Crippen molar-refractivity contribution in [3.8, 4) is 0 Å². The Labute approximate surface area is 130 Å². The molecule has 7 nitrogen and oxygen atoms in total. The highest BCUT2D eigenvalue weighted by Gasteiger charge is 2.35. The summed E-state index contributed by atoms with van der Waals surface area (Å²) in [4.78, 5) is 2.54. The summed E-state index contributed by atoms with van der Waals surface area (Å²) < 4.78 is 42.3. The highest BCUT2D eigenvalue weighted by atomic mass is 32.2. The molecule has 0 saturated carbocycles. The lowest BCUT2D eigenvalue weighted by Crippen LogP contribution is -2.57. The van der Waals surface area contributed by atoms with E-state index in [0.29, 0.717) is 38.8 Å². The van der Waals surface area contributed by atoms with Crippen molar-refractivity contribution in [2.24, 2.45) is 0 Å². The second-order valence-corrected chi connectivity index (χ2v) is 7.54. The van der Waals surface area contributed by atoms with Gasteiger partial charge in [0.25, 0.3) is 0 Å². The largest absolute Gasteiger partial charge is 0.471 e. The van der Waals surface area contributed by atoms with Gasteiger partial charge >= 0.3 is 0 Å². The molecular formula is C14H22N2O5S. The van der Waals surface area contributed by atoms with Crippen LogP contribution in [0.4, 0.5) is 0 Å². The van der Waals surface area contributed by atoms with Gasteiger partial charge in [-0.1, -0.05) is 0 Å². The van der Waals surface area contributed by atoms with Gasteiger partial charge in [-0.3, -0.25) is 4.90 Å². The molecule has 3 rings (SSSR count). The van der Waals surface area contributed by atoms with Gasteiger partial charge in [0.05, 0.1) is 19.0 Å². The van der Waals surface area contributed by atoms with E-state index in [1.54, 1.807) is 7.11 Å². The van der Waals surface area contributed by atoms with Gasteiger partial charge in [0.2, 0.25) is 10.0 Å². The molecule has 8 heteroatoms. The first kappa shape index (κ1) is 15.9. The van der Waals surface area contributed by atoms with Crippen molar-refractivity contribution in [3.63, 3.8) is 0 Å². The molecule has 1 aromatic rings. The normalized spacial score (nSPS) is 28.8. The maximum atomic E-state index is 12.5. The average molecular weight is 330 g/mol. The summed E-state index contributed by atoms with van der Waals surface area (Å²) in [5.74, 6) is 0. The predicted molar refractivity (Wildman–Crippen MR) is 79.1 cm³/mol. The van der Waals surface area contributed by atoms with Crippen LogP contribution in [0, 0.1) is 0 Å². The molecule has 0 radical (unpaired) electrons. The molecule has 1 aromatic heterocycles. The SMILES string of the molecule is COC1COCCC1N1CCN(S(=O)(=O)c2ccoc2)CC1. The van der Waals surface area contributed by atoms with Crippen LogP contribution in [-0.2, 0) is 19.5 Å². The van der Waals surface area contributed by atoms with Gasteiger partial charge in [-0.05, 0) is 12.5 Å². The van der Waals surface area contributed by atoms with Crippen LogP contribution in [0.5, 0.6) is 0 Å². The van der Waals surface area contributed by atoms with Crippen molar-refractivity contribution in [3.05, 3.63) is 18.6 Å². The molecule has 3 heterocycles. The molecule has 124 valence electrons. The van der Waals surface area contributed by atoms with Crippen LogP contribution >= 0.6 is 0 Å². The third-order valence-electron chi connectivity index (χ3n) is 4.45. The van der Waals surface area contributed by atoms with Gasteiger partial charge in [0, 0.05) is 45.9 Å². The van der Waals surface area contributed by atoms with E-state index in [2.05, 4.69) is 4.90 Å². The fourth-order valence-electron chi connectivity index (χ4n) is 3.17. The van der Waals surface area contributed by atoms with Crippen LogP contribution in [-0.4, -0.2) is 76.3 Å². The van der Waals surface area contributed by atoms with Crippen LogP contribution in [0.1, 0.15) is 6.42 Å². The molecule has 2 unspecified atom stereocenters. The van der Waals surface area contributed by atoms with Crippen LogP contribution < -0.4 is 0 Å². The van der Waals surface area contributed by atoms with E-state index in [0.717, 1.165) is 13.0 Å². The van der Waals surface area contributed by atoms with Gasteiger partial charge in [-0.25, -0.2) is 8.42 Å². The minimum Gasteiger partial charge on any atom is -0.471 e. The molecule has 2 aliphatic rings. The Morgan fingerprint density at radius 3 is 2.68 bits per heavy atom. The van der Waals surface area contributed by atoms with Gasteiger partial charge < -0.3 is 13.9 Å². The fourth-order valence-corrected chi connectivity index (χ4v) is 4.51. The summed E-state index contributed by atoms with van der Waals surface area (Å²) in [6.45, 7) is 3.73. The van der Waals surface area contributed by atoms with Crippen LogP contribution in [0.2, 0.25) is 0 Å². The summed E-state index contributed by atoms with van der Waals surface area (Å²) >= 11 is 0. The average Bonchev–Trinajstić information content (AvgIpc) is 3.10. The first-order valence-corrected chi connectivity index (χ1v) is 8.94. The molecule has 22 heavy (non-hydrogen) atoms. The number of furan rings is 1. The lowest BCUT2D eigenvalue weighted by atomic mass is 10.0. The Kier molecular flexibility index (Phi) is 4.84. The zero-order chi connectivity index (χ0) is 15.6. The lowest BCUT2D eigenvalue weighted by Gasteiger charge is -2.43. The van der Waals surface area contributed by atoms with Gasteiger partial charge in [0.1, 0.15) is 11.2 Å². The van der Waals surface area contributed by atoms with E-state index in [9.17, 15) is 8.42 Å². The summed E-state index contributed by atoms with van der Waals surface area (Å²) in [6, 6.07) is 1.79. The standard InChI is InChI=1S/C14H22N2O5S/c1-19-14-11-21-9-3-13(14)15-4-6-16(7-5-15)22(17,18)12-2-8-20-10-12/h2,8,10,13-14H,3-7,9,11H2,1H3. The van der Waals surface area contributed by atoms with Gasteiger partial charge in [-0.15, -0.1) is 0 Å². The van der Waals surface area contributed by atoms with Crippen molar-refractivity contribution in [1.29, 1.82) is 0 Å². The topological polar surface area (TPSA) is 72.2 Å². The molecule has 0 N–H and O–H groups in total. The third-order valence-corrected chi connectivity index (χ3v) is 6.32. The van der Waals surface area contributed by atoms with E-state index < -0.39 is 10.0 Å². The molecule has 2 atom stereocenters. The molecule has 0 aromatic carbocycles. The summed E-state index contributed by atoms with van der Waals surface area (Å²) in [6.07, 6.45) is 3.65. The summed E-state index contributed by atoms with van der Waals surface area (Å²) in [5, 5.41) is 0. The maximum Gasteiger partial charge on any atom is 0.246 e. The smallest absolute Gasteiger partial charge is 0.246 e. The number of rotatable bonds is 4. The Hall–Kier alpha value is -0.930. The molecule has 0 aliphatic carbocycles. The number of piperazine rings is 1. The first-order valence-electron chi connectivity index (χ1n) is 7.50. The van der Waals surface area contributed by atoms with Crippen molar-refractivity contribution < 1.29 is 22.3 Å². The molecule has 2 aliphatic heterocycles. The summed E-state index contributed by atoms with van der Waals surface area (Å²) in [5.41, 5.74) is 0. The van der Waals surface area contributed by atoms with E-state index in [1.165, 1.54) is 22.9 Å². The van der Waals surface area contributed by atoms with E-state index in [1.807, 2.05) is 0 Å². The molecule has 0 amide bonds. The van der Waals surface area contributed by atoms with E-state index >= 15 is 0 Å². The van der Waals surface area contributed by atoms with Crippen LogP contribution in [0.15, 0.2) is 27.9 Å². The molecule has 2 fully saturated rings. The Morgan fingerprint density at radius 1 is 1.27 bits per heavy atom. The van der Waals surface area contributed by atoms with Gasteiger partial charge in [0.15, 0.2) is 0 Å². The highest BCUT2D eigenvalue weighted by molar-refractivity contribution is 7.89. The summed E-state index contributed by atoms with van der Waals surface area (Å²) in [7, 11) is -1.73. The second-order valence-electron chi connectivity index (χ2n) is 5.60. The maximum absolute atomic E-state index is 12.5. The van der Waals surface area contributed by atoms with Crippen LogP contribution in [0.3, 0.4) is 0 Å². The van der Waals surface area contributed by atoms with Gasteiger partial charge in [-0.2, -0.15) is 4.31 Å². The first-order chi connectivity index (χ1) is 10.6. The minimum atomic E-state index is -3.43. The zero-order valence-electron chi connectivity index (χ0n) is 12.7. The van der Waals surface area contributed by atoms with Crippen molar-refractivity contribution in [2.45, 2.75) is 23.5 Å². The van der Waals surface area contributed by atoms with Crippen LogP contribution in [0.25, 0.3) is 0 Å². The number of ether oxygens (including phenoxy) is 2. The Balaban J connectivity index is 1.63. The number of methoxy groups -OCH3 is 1. The Morgan fingerprint density at radius 2 is 2.05 bits per heavy atom. The van der Waals surface area contributed by atoms with Crippen molar-refractivity contribution in [2.75, 3.05) is 46.5 Å². The zero-order valence-corrected chi connectivity index (χ0v) is 13.5. The minimum absolute atomic E-state index is 0.0609.